The van der Waals surface area contributed by atoms with Crippen LogP contribution in [0.15, 0.2) is 0 Å². The van der Waals surface area contributed by atoms with Crippen molar-refractivity contribution < 1.29 is 4.74 Å². The fraction of sp³-hybridized carbons (Fsp3) is 1.00. The van der Waals surface area contributed by atoms with E-state index in [0.717, 1.165) is 41.4 Å². The summed E-state index contributed by atoms with van der Waals surface area (Å²) in [7, 11) is 2.03. The summed E-state index contributed by atoms with van der Waals surface area (Å²) in [5.41, 5.74) is 1.78. The van der Waals surface area contributed by atoms with E-state index in [2.05, 4.69) is 34.6 Å². The number of hydrogen-bond acceptors (Lipinski definition) is 1. The second-order valence-electron chi connectivity index (χ2n) is 13.3. The van der Waals surface area contributed by atoms with Crippen molar-refractivity contribution in [2.45, 2.75) is 111 Å². The van der Waals surface area contributed by atoms with Crippen molar-refractivity contribution in [2.75, 3.05) is 7.11 Å². The van der Waals surface area contributed by atoms with Gasteiger partial charge in [-0.1, -0.05) is 53.9 Å². The molecule has 0 radical (unpaired) electrons. The number of methoxy groups -OCH3 is 1. The molecule has 0 heterocycles. The highest BCUT2D eigenvalue weighted by atomic mass is 16.5. The van der Waals surface area contributed by atoms with Gasteiger partial charge in [0.2, 0.25) is 0 Å². The van der Waals surface area contributed by atoms with E-state index in [1.807, 2.05) is 7.11 Å². The lowest BCUT2D eigenvalue weighted by Crippen LogP contribution is -2.57. The predicted molar refractivity (Wildman–Crippen MR) is 122 cm³/mol. The quantitative estimate of drug-likeness (QED) is 0.443. The number of ether oxygens (including phenoxy) is 1. The molecular formula is C28H48O. The molecule has 0 amide bonds. The van der Waals surface area contributed by atoms with Crippen LogP contribution in [0.25, 0.3) is 0 Å². The maximum atomic E-state index is 6.30. The second-order valence-corrected chi connectivity index (χ2v) is 13.3. The predicted octanol–water partition coefficient (Wildman–Crippen LogP) is 7.73. The third-order valence-corrected chi connectivity index (χ3v) is 12.0. The van der Waals surface area contributed by atoms with Crippen LogP contribution in [-0.4, -0.2) is 13.2 Å². The monoisotopic (exact) mass is 400 g/mol. The average Bonchev–Trinajstić information content (AvgIpc) is 3.18. The molecule has 5 saturated carbocycles. The van der Waals surface area contributed by atoms with Crippen LogP contribution < -0.4 is 0 Å². The molecule has 5 aliphatic carbocycles. The SMILES string of the molecule is CO[C@H]1C[C@H]2[C@@H]3CC[C@H]([C@H](C)CCCC(C)C)[C@@]3(C)CC[C@@H]2[C@@]2(C)CC[C@@H]3C[C@]312. The molecule has 5 fully saturated rings. The van der Waals surface area contributed by atoms with Gasteiger partial charge in [0.1, 0.15) is 0 Å². The van der Waals surface area contributed by atoms with Crippen molar-refractivity contribution in [3.8, 4) is 0 Å². The zero-order valence-corrected chi connectivity index (χ0v) is 20.3. The molecule has 166 valence electrons. The van der Waals surface area contributed by atoms with Crippen LogP contribution in [0, 0.1) is 57.7 Å². The molecule has 1 spiro atoms. The van der Waals surface area contributed by atoms with Gasteiger partial charge >= 0.3 is 0 Å². The van der Waals surface area contributed by atoms with Gasteiger partial charge in [0.05, 0.1) is 6.10 Å². The fourth-order valence-electron chi connectivity index (χ4n) is 10.6. The van der Waals surface area contributed by atoms with Gasteiger partial charge in [-0.15, -0.1) is 0 Å². The molecule has 0 aromatic carbocycles. The largest absolute Gasteiger partial charge is 0.381 e. The smallest absolute Gasteiger partial charge is 0.0638 e. The third kappa shape index (κ3) is 2.74. The van der Waals surface area contributed by atoms with E-state index < -0.39 is 0 Å². The number of fused-ring (bicyclic) bond motifs is 4. The molecular weight excluding hydrogens is 352 g/mol. The van der Waals surface area contributed by atoms with Crippen LogP contribution in [0.2, 0.25) is 0 Å². The fourth-order valence-corrected chi connectivity index (χ4v) is 10.6. The van der Waals surface area contributed by atoms with Gasteiger partial charge in [-0.05, 0) is 104 Å². The lowest BCUT2D eigenvalue weighted by Gasteiger charge is -2.61. The first-order valence-corrected chi connectivity index (χ1v) is 13.3. The summed E-state index contributed by atoms with van der Waals surface area (Å²) in [5.74, 6) is 6.68. The molecule has 0 saturated heterocycles. The van der Waals surface area contributed by atoms with Crippen LogP contribution in [0.3, 0.4) is 0 Å². The molecule has 1 nitrogen and oxygen atoms in total. The molecule has 5 aliphatic rings. The van der Waals surface area contributed by atoms with Gasteiger partial charge in [-0.25, -0.2) is 0 Å². The Labute approximate surface area is 181 Å². The van der Waals surface area contributed by atoms with Gasteiger partial charge in [0.25, 0.3) is 0 Å². The molecule has 0 aromatic heterocycles. The Balaban J connectivity index is 1.35. The third-order valence-electron chi connectivity index (χ3n) is 12.0. The standard InChI is InChI=1S/C28H48O/c1-18(2)8-7-9-19(3)22-10-11-23-21-16-25(29-6)28-17-20(28)12-15-27(28,5)24(21)13-14-26(22,23)4/h18-25H,7-17H2,1-6H3/t19-,20-,21+,22-,23+,24+,25+,26-,27-,28+/m1/s1. The molecule has 5 rings (SSSR count). The van der Waals surface area contributed by atoms with Gasteiger partial charge < -0.3 is 4.74 Å². The lowest BCUT2D eigenvalue weighted by atomic mass is 9.45. The molecule has 0 unspecified atom stereocenters. The summed E-state index contributed by atoms with van der Waals surface area (Å²) < 4.78 is 6.30. The lowest BCUT2D eigenvalue weighted by molar-refractivity contribution is -0.161. The van der Waals surface area contributed by atoms with Crippen molar-refractivity contribution in [3.63, 3.8) is 0 Å². The van der Waals surface area contributed by atoms with E-state index >= 15 is 0 Å². The topological polar surface area (TPSA) is 9.23 Å². The zero-order chi connectivity index (χ0) is 20.6. The van der Waals surface area contributed by atoms with E-state index in [0.29, 0.717) is 22.3 Å². The first kappa shape index (κ1) is 20.8. The first-order chi connectivity index (χ1) is 13.8. The Kier molecular flexibility index (Phi) is 5.02. The van der Waals surface area contributed by atoms with Gasteiger partial charge in [-0.2, -0.15) is 0 Å². The Hall–Kier alpha value is -0.0400. The maximum absolute atomic E-state index is 6.30. The summed E-state index contributed by atoms with van der Waals surface area (Å²) in [6, 6.07) is 0. The summed E-state index contributed by atoms with van der Waals surface area (Å²) in [4.78, 5) is 0. The summed E-state index contributed by atoms with van der Waals surface area (Å²) in [6.07, 6.45) is 16.8. The van der Waals surface area contributed by atoms with Gasteiger partial charge in [0, 0.05) is 12.5 Å². The van der Waals surface area contributed by atoms with Gasteiger partial charge in [0.15, 0.2) is 0 Å². The minimum absolute atomic E-state index is 0.561. The van der Waals surface area contributed by atoms with Crippen LogP contribution in [0.4, 0.5) is 0 Å². The minimum Gasteiger partial charge on any atom is -0.381 e. The molecule has 29 heavy (non-hydrogen) atoms. The summed E-state index contributed by atoms with van der Waals surface area (Å²) >= 11 is 0. The Bertz CT molecular complexity index is 626. The summed E-state index contributed by atoms with van der Waals surface area (Å²) in [5, 5.41) is 0. The summed E-state index contributed by atoms with van der Waals surface area (Å²) in [6.45, 7) is 12.8. The van der Waals surface area contributed by atoms with Crippen LogP contribution in [0.1, 0.15) is 105 Å². The van der Waals surface area contributed by atoms with Crippen molar-refractivity contribution in [1.29, 1.82) is 0 Å². The highest BCUT2D eigenvalue weighted by Crippen LogP contribution is 2.82. The minimum atomic E-state index is 0.561. The Morgan fingerprint density at radius 1 is 0.931 bits per heavy atom. The van der Waals surface area contributed by atoms with Gasteiger partial charge in [-0.3, -0.25) is 0 Å². The van der Waals surface area contributed by atoms with Crippen molar-refractivity contribution in [1.82, 2.24) is 0 Å². The first-order valence-electron chi connectivity index (χ1n) is 13.3. The normalized spacial score (nSPS) is 53.9. The highest BCUT2D eigenvalue weighted by Gasteiger charge is 2.77. The molecule has 1 heteroatoms. The molecule has 0 N–H and O–H groups in total. The molecule has 0 aliphatic heterocycles. The van der Waals surface area contributed by atoms with Crippen LogP contribution in [0.5, 0.6) is 0 Å². The average molecular weight is 401 g/mol. The van der Waals surface area contributed by atoms with Crippen LogP contribution >= 0.6 is 0 Å². The van der Waals surface area contributed by atoms with E-state index in [1.54, 1.807) is 0 Å². The van der Waals surface area contributed by atoms with Crippen molar-refractivity contribution in [3.05, 3.63) is 0 Å². The molecule has 0 aromatic rings. The van der Waals surface area contributed by atoms with Crippen molar-refractivity contribution in [2.24, 2.45) is 57.7 Å². The van der Waals surface area contributed by atoms with E-state index in [1.165, 1.54) is 70.6 Å². The zero-order valence-electron chi connectivity index (χ0n) is 20.3. The number of rotatable bonds is 6. The molecule has 10 atom stereocenters. The Morgan fingerprint density at radius 3 is 2.41 bits per heavy atom. The second kappa shape index (κ2) is 6.98. The Morgan fingerprint density at radius 2 is 1.72 bits per heavy atom. The number of hydrogen-bond donors (Lipinski definition) is 0. The maximum Gasteiger partial charge on any atom is 0.0638 e. The van der Waals surface area contributed by atoms with E-state index in [4.69, 9.17) is 4.74 Å². The molecule has 0 bridgehead atoms. The van der Waals surface area contributed by atoms with Crippen molar-refractivity contribution >= 4 is 0 Å². The van der Waals surface area contributed by atoms with Crippen LogP contribution in [-0.2, 0) is 4.74 Å². The highest BCUT2D eigenvalue weighted by molar-refractivity contribution is 5.26. The van der Waals surface area contributed by atoms with E-state index in [9.17, 15) is 0 Å². The van der Waals surface area contributed by atoms with E-state index in [-0.39, 0.29) is 0 Å².